The topological polar surface area (TPSA) is 29.5 Å². The highest BCUT2D eigenvalue weighted by atomic mass is 16.5. The predicted molar refractivity (Wildman–Crippen MR) is 67.7 cm³/mol. The molecule has 0 spiro atoms. The van der Waals surface area contributed by atoms with Crippen LogP contribution in [0, 0.1) is 11.3 Å². The van der Waals surface area contributed by atoms with Crippen LogP contribution in [-0.2, 0) is 9.53 Å². The molecule has 0 amide bonds. The van der Waals surface area contributed by atoms with E-state index in [2.05, 4.69) is 18.7 Å². The summed E-state index contributed by atoms with van der Waals surface area (Å²) in [4.78, 5) is 14.3. The standard InChI is InChI=1S/C14H25NO2/c1-4-14(5-2)8-9-15(10-14)12(11-6-7-11)13(16)17-3/h11-12H,4-10H2,1-3H3. The van der Waals surface area contributed by atoms with Crippen molar-refractivity contribution >= 4 is 5.97 Å². The van der Waals surface area contributed by atoms with Gasteiger partial charge in [0.25, 0.3) is 0 Å². The van der Waals surface area contributed by atoms with Crippen LogP contribution in [0.5, 0.6) is 0 Å². The van der Waals surface area contributed by atoms with Crippen molar-refractivity contribution in [2.24, 2.45) is 11.3 Å². The predicted octanol–water partition coefficient (Wildman–Crippen LogP) is 2.45. The van der Waals surface area contributed by atoms with Gasteiger partial charge in [0.1, 0.15) is 6.04 Å². The zero-order chi connectivity index (χ0) is 12.5. The Morgan fingerprint density at radius 3 is 2.47 bits per heavy atom. The molecule has 3 heteroatoms. The van der Waals surface area contributed by atoms with Crippen molar-refractivity contribution in [1.82, 2.24) is 4.90 Å². The van der Waals surface area contributed by atoms with Crippen molar-refractivity contribution in [3.63, 3.8) is 0 Å². The normalized spacial score (nSPS) is 25.8. The van der Waals surface area contributed by atoms with Gasteiger partial charge in [-0.25, -0.2) is 0 Å². The lowest BCUT2D eigenvalue weighted by molar-refractivity contribution is -0.147. The summed E-state index contributed by atoms with van der Waals surface area (Å²) in [6, 6.07) is 0.0416. The molecule has 98 valence electrons. The number of rotatable bonds is 5. The quantitative estimate of drug-likeness (QED) is 0.690. The van der Waals surface area contributed by atoms with Crippen molar-refractivity contribution in [3.8, 4) is 0 Å². The molecule has 1 saturated heterocycles. The van der Waals surface area contributed by atoms with E-state index in [-0.39, 0.29) is 12.0 Å². The molecule has 0 aromatic carbocycles. The van der Waals surface area contributed by atoms with E-state index in [4.69, 9.17) is 4.74 Å². The zero-order valence-electron chi connectivity index (χ0n) is 11.4. The number of likely N-dealkylation sites (tertiary alicyclic amines) is 1. The molecular weight excluding hydrogens is 214 g/mol. The Morgan fingerprint density at radius 2 is 2.06 bits per heavy atom. The molecule has 1 aliphatic carbocycles. The number of hydrogen-bond donors (Lipinski definition) is 0. The number of methoxy groups -OCH3 is 1. The van der Waals surface area contributed by atoms with E-state index in [9.17, 15) is 4.79 Å². The molecular formula is C14H25NO2. The number of carbonyl (C=O) groups is 1. The van der Waals surface area contributed by atoms with Crippen LogP contribution in [0.1, 0.15) is 46.0 Å². The van der Waals surface area contributed by atoms with Gasteiger partial charge in [0.05, 0.1) is 7.11 Å². The van der Waals surface area contributed by atoms with Gasteiger partial charge in [-0.3, -0.25) is 9.69 Å². The smallest absolute Gasteiger partial charge is 0.323 e. The molecule has 0 aromatic rings. The molecule has 1 saturated carbocycles. The fourth-order valence-corrected chi connectivity index (χ4v) is 3.21. The lowest BCUT2D eigenvalue weighted by Crippen LogP contribution is -2.43. The first-order valence-corrected chi connectivity index (χ1v) is 6.97. The summed E-state index contributed by atoms with van der Waals surface area (Å²) in [6.07, 6.45) is 6.07. The molecule has 2 fully saturated rings. The van der Waals surface area contributed by atoms with E-state index in [1.807, 2.05) is 0 Å². The summed E-state index contributed by atoms with van der Waals surface area (Å²) in [5.41, 5.74) is 0.446. The maximum atomic E-state index is 11.9. The highest BCUT2D eigenvalue weighted by molar-refractivity contribution is 5.76. The lowest BCUT2D eigenvalue weighted by atomic mass is 9.82. The summed E-state index contributed by atoms with van der Waals surface area (Å²) in [5, 5.41) is 0. The van der Waals surface area contributed by atoms with Gasteiger partial charge in [-0.15, -0.1) is 0 Å². The van der Waals surface area contributed by atoms with Crippen molar-refractivity contribution in [2.75, 3.05) is 20.2 Å². The van der Waals surface area contributed by atoms with Gasteiger partial charge in [-0.2, -0.15) is 0 Å². The molecule has 0 bridgehead atoms. The van der Waals surface area contributed by atoms with Crippen LogP contribution in [0.15, 0.2) is 0 Å². The van der Waals surface area contributed by atoms with Crippen LogP contribution in [0.25, 0.3) is 0 Å². The third kappa shape index (κ3) is 2.49. The third-order valence-electron chi connectivity index (χ3n) is 4.87. The van der Waals surface area contributed by atoms with E-state index in [0.29, 0.717) is 11.3 Å². The lowest BCUT2D eigenvalue weighted by Gasteiger charge is -2.30. The first kappa shape index (κ1) is 12.9. The number of hydrogen-bond acceptors (Lipinski definition) is 3. The average molecular weight is 239 g/mol. The molecule has 0 radical (unpaired) electrons. The maximum absolute atomic E-state index is 11.9. The minimum atomic E-state index is -0.0180. The maximum Gasteiger partial charge on any atom is 0.323 e. The third-order valence-corrected chi connectivity index (χ3v) is 4.87. The first-order chi connectivity index (χ1) is 8.15. The Morgan fingerprint density at radius 1 is 1.41 bits per heavy atom. The van der Waals surface area contributed by atoms with Crippen LogP contribution in [0.4, 0.5) is 0 Å². The molecule has 1 unspecified atom stereocenters. The SMILES string of the molecule is CCC1(CC)CCN(C(C(=O)OC)C2CC2)C1. The van der Waals surface area contributed by atoms with E-state index in [1.165, 1.54) is 39.2 Å². The molecule has 1 heterocycles. The molecule has 2 rings (SSSR count). The molecule has 2 aliphatic rings. The van der Waals surface area contributed by atoms with Gasteiger partial charge in [-0.05, 0) is 50.0 Å². The minimum absolute atomic E-state index is 0.0180. The summed E-state index contributed by atoms with van der Waals surface area (Å²) in [7, 11) is 1.51. The monoisotopic (exact) mass is 239 g/mol. The molecule has 0 aromatic heterocycles. The van der Waals surface area contributed by atoms with Crippen molar-refractivity contribution in [1.29, 1.82) is 0 Å². The van der Waals surface area contributed by atoms with Crippen molar-refractivity contribution in [2.45, 2.75) is 52.0 Å². The minimum Gasteiger partial charge on any atom is -0.468 e. The molecule has 0 N–H and O–H groups in total. The van der Waals surface area contributed by atoms with Crippen LogP contribution < -0.4 is 0 Å². The van der Waals surface area contributed by atoms with Crippen LogP contribution in [0.2, 0.25) is 0 Å². The molecule has 17 heavy (non-hydrogen) atoms. The summed E-state index contributed by atoms with van der Waals surface area (Å²) in [6.45, 7) is 6.70. The van der Waals surface area contributed by atoms with Gasteiger partial charge in [0.15, 0.2) is 0 Å². The second-order valence-corrected chi connectivity index (χ2v) is 5.73. The summed E-state index contributed by atoms with van der Waals surface area (Å²) >= 11 is 0. The second kappa shape index (κ2) is 4.97. The van der Waals surface area contributed by atoms with Gasteiger partial charge in [0, 0.05) is 6.54 Å². The summed E-state index contributed by atoms with van der Waals surface area (Å²) in [5.74, 6) is 0.544. The molecule has 1 aliphatic heterocycles. The van der Waals surface area contributed by atoms with Gasteiger partial charge in [-0.1, -0.05) is 13.8 Å². The average Bonchev–Trinajstić information content (AvgIpc) is 3.09. The van der Waals surface area contributed by atoms with Crippen LogP contribution in [0.3, 0.4) is 0 Å². The van der Waals surface area contributed by atoms with Crippen LogP contribution in [-0.4, -0.2) is 37.1 Å². The van der Waals surface area contributed by atoms with E-state index in [0.717, 1.165) is 13.1 Å². The zero-order valence-corrected chi connectivity index (χ0v) is 11.4. The van der Waals surface area contributed by atoms with Gasteiger partial charge in [0.2, 0.25) is 0 Å². The highest BCUT2D eigenvalue weighted by Gasteiger charge is 2.46. The fraction of sp³-hybridized carbons (Fsp3) is 0.929. The number of nitrogens with zero attached hydrogens (tertiary/aromatic N) is 1. The number of carbonyl (C=O) groups excluding carboxylic acids is 1. The van der Waals surface area contributed by atoms with Crippen LogP contribution >= 0.6 is 0 Å². The van der Waals surface area contributed by atoms with Gasteiger partial charge >= 0.3 is 5.97 Å². The fourth-order valence-electron chi connectivity index (χ4n) is 3.21. The van der Waals surface area contributed by atoms with Gasteiger partial charge < -0.3 is 4.74 Å². The Balaban J connectivity index is 2.04. The van der Waals surface area contributed by atoms with E-state index < -0.39 is 0 Å². The number of ether oxygens (including phenoxy) is 1. The first-order valence-electron chi connectivity index (χ1n) is 6.97. The molecule has 3 nitrogen and oxygen atoms in total. The highest BCUT2D eigenvalue weighted by Crippen LogP contribution is 2.43. The summed E-state index contributed by atoms with van der Waals surface area (Å²) < 4.78 is 4.98. The Bertz CT molecular complexity index is 282. The van der Waals surface area contributed by atoms with Crippen molar-refractivity contribution < 1.29 is 9.53 Å². The second-order valence-electron chi connectivity index (χ2n) is 5.73. The van der Waals surface area contributed by atoms with Crippen molar-refractivity contribution in [3.05, 3.63) is 0 Å². The molecule has 1 atom stereocenters. The largest absolute Gasteiger partial charge is 0.468 e. The van der Waals surface area contributed by atoms with E-state index in [1.54, 1.807) is 0 Å². The Kier molecular flexibility index (Phi) is 3.76. The number of esters is 1. The Hall–Kier alpha value is -0.570. The van der Waals surface area contributed by atoms with E-state index >= 15 is 0 Å². The Labute approximate surface area is 105 Å².